The second-order valence-electron chi connectivity index (χ2n) is 5.23. The minimum Gasteiger partial charge on any atom is -0.497 e. The number of carbonyl (C=O) groups is 1. The molecule has 2 rings (SSSR count). The molecule has 1 fully saturated rings. The molecule has 0 aliphatic carbocycles. The van der Waals surface area contributed by atoms with Crippen LogP contribution in [0.5, 0.6) is 5.75 Å². The van der Waals surface area contributed by atoms with Crippen molar-refractivity contribution in [3.05, 3.63) is 29.6 Å². The minimum atomic E-state index is -0.553. The van der Waals surface area contributed by atoms with Gasteiger partial charge >= 0.3 is 0 Å². The molecule has 1 aromatic rings. The van der Waals surface area contributed by atoms with E-state index < -0.39 is 5.82 Å². The maximum absolute atomic E-state index is 14.0. The van der Waals surface area contributed by atoms with Gasteiger partial charge in [-0.3, -0.25) is 4.79 Å². The van der Waals surface area contributed by atoms with Crippen LogP contribution in [-0.4, -0.2) is 36.5 Å². The van der Waals surface area contributed by atoms with Crippen LogP contribution in [0.3, 0.4) is 0 Å². The Labute approximate surface area is 118 Å². The molecule has 4 nitrogen and oxygen atoms in total. The van der Waals surface area contributed by atoms with Crippen molar-refractivity contribution < 1.29 is 13.9 Å². The molecule has 0 aromatic heterocycles. The molecule has 0 spiro atoms. The number of rotatable bonds is 3. The molecule has 1 aliphatic heterocycles. The van der Waals surface area contributed by atoms with Crippen LogP contribution >= 0.6 is 0 Å². The molecule has 0 bridgehead atoms. The Morgan fingerprint density at radius 1 is 1.50 bits per heavy atom. The summed E-state index contributed by atoms with van der Waals surface area (Å²) in [5.74, 6) is -0.434. The number of piperidine rings is 1. The fourth-order valence-electron chi connectivity index (χ4n) is 2.82. The second kappa shape index (κ2) is 6.22. The van der Waals surface area contributed by atoms with Gasteiger partial charge in [0.05, 0.1) is 12.7 Å². The first-order valence-corrected chi connectivity index (χ1v) is 6.94. The first kappa shape index (κ1) is 14.8. The van der Waals surface area contributed by atoms with Gasteiger partial charge in [-0.1, -0.05) is 0 Å². The van der Waals surface area contributed by atoms with Gasteiger partial charge in [0.2, 0.25) is 0 Å². The van der Waals surface area contributed by atoms with Crippen LogP contribution in [0.25, 0.3) is 0 Å². The average Bonchev–Trinajstić information content (AvgIpc) is 2.46. The summed E-state index contributed by atoms with van der Waals surface area (Å²) in [6.45, 7) is 2.40. The van der Waals surface area contributed by atoms with E-state index in [-0.39, 0.29) is 23.6 Å². The standard InChI is InChI=1S/C15H21FN2O2/c1-10-4-3-5-11(9-17)18(10)15(19)13-7-6-12(20-2)8-14(13)16/h6-8,10-11H,3-5,9,17H2,1-2H3. The van der Waals surface area contributed by atoms with Crippen molar-refractivity contribution in [3.8, 4) is 5.75 Å². The Morgan fingerprint density at radius 2 is 2.25 bits per heavy atom. The molecule has 2 unspecified atom stereocenters. The summed E-state index contributed by atoms with van der Waals surface area (Å²) in [7, 11) is 1.47. The highest BCUT2D eigenvalue weighted by Crippen LogP contribution is 2.26. The van der Waals surface area contributed by atoms with Crippen molar-refractivity contribution in [2.45, 2.75) is 38.3 Å². The second-order valence-corrected chi connectivity index (χ2v) is 5.23. The number of nitrogens with two attached hydrogens (primary N) is 1. The molecule has 0 radical (unpaired) electrons. The summed E-state index contributed by atoms with van der Waals surface area (Å²) >= 11 is 0. The number of ether oxygens (including phenoxy) is 1. The van der Waals surface area contributed by atoms with Crippen LogP contribution in [-0.2, 0) is 0 Å². The fourth-order valence-corrected chi connectivity index (χ4v) is 2.82. The number of nitrogens with zero attached hydrogens (tertiary/aromatic N) is 1. The number of hydrogen-bond donors (Lipinski definition) is 1. The zero-order valence-electron chi connectivity index (χ0n) is 11.9. The fraction of sp³-hybridized carbons (Fsp3) is 0.533. The van der Waals surface area contributed by atoms with Crippen molar-refractivity contribution in [3.63, 3.8) is 0 Å². The van der Waals surface area contributed by atoms with Gasteiger partial charge in [-0.2, -0.15) is 0 Å². The molecule has 0 saturated carbocycles. The Hall–Kier alpha value is -1.62. The lowest BCUT2D eigenvalue weighted by Crippen LogP contribution is -2.52. The Bertz CT molecular complexity index is 493. The van der Waals surface area contributed by atoms with E-state index in [1.807, 2.05) is 6.92 Å². The highest BCUT2D eigenvalue weighted by molar-refractivity contribution is 5.95. The first-order valence-electron chi connectivity index (χ1n) is 6.94. The number of likely N-dealkylation sites (tertiary alicyclic amines) is 1. The molecular weight excluding hydrogens is 259 g/mol. The van der Waals surface area contributed by atoms with Crippen molar-refractivity contribution >= 4 is 5.91 Å². The summed E-state index contributed by atoms with van der Waals surface area (Å²) in [6.07, 6.45) is 2.86. The van der Waals surface area contributed by atoms with Crippen molar-refractivity contribution in [1.82, 2.24) is 4.90 Å². The largest absolute Gasteiger partial charge is 0.497 e. The Kier molecular flexibility index (Phi) is 4.60. The zero-order chi connectivity index (χ0) is 14.7. The number of amides is 1. The number of halogens is 1. The van der Waals surface area contributed by atoms with Crippen LogP contribution < -0.4 is 10.5 Å². The van der Waals surface area contributed by atoms with Gasteiger partial charge in [0, 0.05) is 24.7 Å². The maximum atomic E-state index is 14.0. The number of carbonyl (C=O) groups excluding carboxylic acids is 1. The molecule has 1 aliphatic rings. The van der Waals surface area contributed by atoms with Gasteiger partial charge in [-0.15, -0.1) is 0 Å². The van der Waals surface area contributed by atoms with E-state index in [0.717, 1.165) is 19.3 Å². The van der Waals surface area contributed by atoms with Crippen LogP contribution in [0.15, 0.2) is 18.2 Å². The smallest absolute Gasteiger partial charge is 0.257 e. The highest BCUT2D eigenvalue weighted by Gasteiger charge is 2.32. The van der Waals surface area contributed by atoms with Gasteiger partial charge in [-0.25, -0.2) is 4.39 Å². The molecule has 5 heteroatoms. The predicted molar refractivity (Wildman–Crippen MR) is 75.3 cm³/mol. The zero-order valence-corrected chi connectivity index (χ0v) is 11.9. The summed E-state index contributed by atoms with van der Waals surface area (Å²) in [6, 6.07) is 4.40. The predicted octanol–water partition coefficient (Wildman–Crippen LogP) is 2.18. The summed E-state index contributed by atoms with van der Waals surface area (Å²) in [4.78, 5) is 14.3. The van der Waals surface area contributed by atoms with Crippen LogP contribution in [0.2, 0.25) is 0 Å². The summed E-state index contributed by atoms with van der Waals surface area (Å²) < 4.78 is 19.0. The Balaban J connectivity index is 2.29. The van der Waals surface area contributed by atoms with Crippen molar-refractivity contribution in [1.29, 1.82) is 0 Å². The number of benzene rings is 1. The quantitative estimate of drug-likeness (QED) is 0.923. The molecule has 20 heavy (non-hydrogen) atoms. The maximum Gasteiger partial charge on any atom is 0.257 e. The van der Waals surface area contributed by atoms with E-state index in [2.05, 4.69) is 0 Å². The van der Waals surface area contributed by atoms with Crippen LogP contribution in [0.4, 0.5) is 4.39 Å². The molecule has 2 N–H and O–H groups in total. The van der Waals surface area contributed by atoms with E-state index in [0.29, 0.717) is 12.3 Å². The van der Waals surface area contributed by atoms with Gasteiger partial charge < -0.3 is 15.4 Å². The van der Waals surface area contributed by atoms with E-state index in [9.17, 15) is 9.18 Å². The molecule has 1 heterocycles. The molecule has 1 saturated heterocycles. The molecule has 110 valence electrons. The van der Waals surface area contributed by atoms with Crippen LogP contribution in [0, 0.1) is 5.82 Å². The lowest BCUT2D eigenvalue weighted by atomic mass is 9.95. The number of methoxy groups -OCH3 is 1. The summed E-state index contributed by atoms with van der Waals surface area (Å²) in [5.41, 5.74) is 5.83. The van der Waals surface area contributed by atoms with Crippen molar-refractivity contribution in [2.24, 2.45) is 5.73 Å². The Morgan fingerprint density at radius 3 is 2.85 bits per heavy atom. The lowest BCUT2D eigenvalue weighted by molar-refractivity contribution is 0.0489. The third-order valence-corrected chi connectivity index (χ3v) is 3.94. The van der Waals surface area contributed by atoms with Crippen LogP contribution in [0.1, 0.15) is 36.5 Å². The van der Waals surface area contributed by atoms with Crippen molar-refractivity contribution in [2.75, 3.05) is 13.7 Å². The van der Waals surface area contributed by atoms with Gasteiger partial charge in [0.1, 0.15) is 11.6 Å². The monoisotopic (exact) mass is 280 g/mol. The molecule has 2 atom stereocenters. The number of hydrogen-bond acceptors (Lipinski definition) is 3. The van der Waals surface area contributed by atoms with E-state index in [4.69, 9.17) is 10.5 Å². The van der Waals surface area contributed by atoms with E-state index in [1.165, 1.54) is 19.2 Å². The SMILES string of the molecule is COc1ccc(C(=O)N2C(C)CCCC2CN)c(F)c1. The normalized spacial score (nSPS) is 22.7. The van der Waals surface area contributed by atoms with Gasteiger partial charge in [-0.05, 0) is 38.3 Å². The molecule has 1 aromatic carbocycles. The minimum absolute atomic E-state index is 0.00671. The third-order valence-electron chi connectivity index (χ3n) is 3.94. The van der Waals surface area contributed by atoms with E-state index in [1.54, 1.807) is 11.0 Å². The lowest BCUT2D eigenvalue weighted by Gasteiger charge is -2.40. The first-order chi connectivity index (χ1) is 9.58. The molecular formula is C15H21FN2O2. The van der Waals surface area contributed by atoms with Gasteiger partial charge in [0.25, 0.3) is 5.91 Å². The highest BCUT2D eigenvalue weighted by atomic mass is 19.1. The average molecular weight is 280 g/mol. The van der Waals surface area contributed by atoms with E-state index >= 15 is 0 Å². The third kappa shape index (κ3) is 2.77. The van der Waals surface area contributed by atoms with Gasteiger partial charge in [0.15, 0.2) is 0 Å². The topological polar surface area (TPSA) is 55.6 Å². The molecule has 1 amide bonds. The summed E-state index contributed by atoms with van der Waals surface area (Å²) in [5, 5.41) is 0.